The highest BCUT2D eigenvalue weighted by molar-refractivity contribution is 6.33. The summed E-state index contributed by atoms with van der Waals surface area (Å²) in [6, 6.07) is 7.25. The smallest absolute Gasteiger partial charge is 0.368 e. The van der Waals surface area contributed by atoms with Crippen LogP contribution in [-0.4, -0.2) is 9.97 Å². The molecule has 2 rings (SSSR count). The number of halogens is 4. The first-order valence-electron chi connectivity index (χ1n) is 4.84. The number of benzene rings is 1. The molecule has 0 radical (unpaired) electrons. The molecular weight excluding hydrogens is 267 g/mol. The van der Waals surface area contributed by atoms with Crippen molar-refractivity contribution in [2.24, 2.45) is 0 Å². The Labute approximate surface area is 105 Å². The molecule has 1 heterocycles. The van der Waals surface area contributed by atoms with Crippen molar-refractivity contribution >= 4 is 17.5 Å². The second-order valence-corrected chi connectivity index (χ2v) is 3.88. The third kappa shape index (κ3) is 2.53. The van der Waals surface area contributed by atoms with Crippen molar-refractivity contribution in [2.75, 3.05) is 5.73 Å². The summed E-state index contributed by atoms with van der Waals surface area (Å²) in [6.07, 6.45) is -4.58. The number of hydrogen-bond donors (Lipinski definition) is 1. The Morgan fingerprint density at radius 2 is 1.78 bits per heavy atom. The summed E-state index contributed by atoms with van der Waals surface area (Å²) < 4.78 is 37.8. The molecule has 0 unspecified atom stereocenters. The minimum Gasteiger partial charge on any atom is -0.368 e. The van der Waals surface area contributed by atoms with Crippen LogP contribution in [0.25, 0.3) is 11.3 Å². The summed E-state index contributed by atoms with van der Waals surface area (Å²) in [4.78, 5) is 6.92. The maximum absolute atomic E-state index is 12.6. The standard InChI is InChI=1S/C11H7ClF3N3/c12-7-4-2-1-3-6(7)8-5-9(11(13,14)15)18-10(16)17-8/h1-5H,(H2,16,17,18). The van der Waals surface area contributed by atoms with Crippen LogP contribution in [0.4, 0.5) is 19.1 Å². The molecule has 0 aliphatic rings. The molecule has 18 heavy (non-hydrogen) atoms. The van der Waals surface area contributed by atoms with Gasteiger partial charge in [-0.1, -0.05) is 29.8 Å². The Hall–Kier alpha value is -1.82. The molecule has 7 heteroatoms. The minimum atomic E-state index is -4.58. The number of nitrogens with zero attached hydrogens (tertiary/aromatic N) is 2. The predicted octanol–water partition coefficient (Wildman–Crippen LogP) is 3.40. The summed E-state index contributed by atoms with van der Waals surface area (Å²) in [5.41, 5.74) is 4.60. The Bertz CT molecular complexity index is 584. The maximum Gasteiger partial charge on any atom is 0.433 e. The van der Waals surface area contributed by atoms with E-state index in [1.807, 2.05) is 0 Å². The number of nitrogens with two attached hydrogens (primary N) is 1. The number of alkyl halides is 3. The molecule has 2 N–H and O–H groups in total. The lowest BCUT2D eigenvalue weighted by molar-refractivity contribution is -0.141. The molecule has 94 valence electrons. The second kappa shape index (κ2) is 4.45. The second-order valence-electron chi connectivity index (χ2n) is 3.47. The molecule has 0 saturated carbocycles. The van der Waals surface area contributed by atoms with Crippen LogP contribution in [0.5, 0.6) is 0 Å². The Morgan fingerprint density at radius 3 is 2.39 bits per heavy atom. The first-order chi connectivity index (χ1) is 8.38. The lowest BCUT2D eigenvalue weighted by Gasteiger charge is -2.09. The SMILES string of the molecule is Nc1nc(-c2ccccc2Cl)cc(C(F)(F)F)n1. The Kier molecular flexibility index (Phi) is 3.13. The topological polar surface area (TPSA) is 51.8 Å². The fraction of sp³-hybridized carbons (Fsp3) is 0.0909. The first-order valence-corrected chi connectivity index (χ1v) is 5.22. The summed E-state index contributed by atoms with van der Waals surface area (Å²) in [7, 11) is 0. The van der Waals surface area contributed by atoms with Gasteiger partial charge >= 0.3 is 6.18 Å². The average Bonchev–Trinajstić information content (AvgIpc) is 2.27. The summed E-state index contributed by atoms with van der Waals surface area (Å²) >= 11 is 5.90. The summed E-state index contributed by atoms with van der Waals surface area (Å²) in [5.74, 6) is -0.445. The van der Waals surface area contributed by atoms with Crippen LogP contribution in [-0.2, 0) is 6.18 Å². The van der Waals surface area contributed by atoms with Crippen molar-refractivity contribution in [2.45, 2.75) is 6.18 Å². The molecule has 0 atom stereocenters. The van der Waals surface area contributed by atoms with Crippen LogP contribution in [0.3, 0.4) is 0 Å². The van der Waals surface area contributed by atoms with Gasteiger partial charge in [0, 0.05) is 10.6 Å². The zero-order valence-electron chi connectivity index (χ0n) is 8.87. The van der Waals surface area contributed by atoms with Crippen LogP contribution in [0.1, 0.15) is 5.69 Å². The van der Waals surface area contributed by atoms with Gasteiger partial charge in [-0.3, -0.25) is 0 Å². The van der Waals surface area contributed by atoms with Crippen molar-refractivity contribution in [3.8, 4) is 11.3 Å². The van der Waals surface area contributed by atoms with Crippen molar-refractivity contribution in [1.29, 1.82) is 0 Å². The number of aromatic nitrogens is 2. The van der Waals surface area contributed by atoms with E-state index < -0.39 is 17.8 Å². The molecule has 0 aliphatic carbocycles. The molecule has 0 fully saturated rings. The van der Waals surface area contributed by atoms with Gasteiger partial charge in [-0.2, -0.15) is 13.2 Å². The lowest BCUT2D eigenvalue weighted by atomic mass is 10.1. The van der Waals surface area contributed by atoms with Gasteiger partial charge in [-0.05, 0) is 12.1 Å². The van der Waals surface area contributed by atoms with Crippen LogP contribution in [0, 0.1) is 0 Å². The third-order valence-electron chi connectivity index (χ3n) is 2.18. The fourth-order valence-corrected chi connectivity index (χ4v) is 1.65. The van der Waals surface area contributed by atoms with Gasteiger partial charge in [0.1, 0.15) is 0 Å². The van der Waals surface area contributed by atoms with Gasteiger partial charge in [0.25, 0.3) is 0 Å². The van der Waals surface area contributed by atoms with Gasteiger partial charge < -0.3 is 5.73 Å². The maximum atomic E-state index is 12.6. The van der Waals surface area contributed by atoms with E-state index >= 15 is 0 Å². The number of rotatable bonds is 1. The molecule has 0 saturated heterocycles. The highest BCUT2D eigenvalue weighted by atomic mass is 35.5. The van der Waals surface area contributed by atoms with E-state index in [2.05, 4.69) is 9.97 Å². The Morgan fingerprint density at radius 1 is 1.11 bits per heavy atom. The van der Waals surface area contributed by atoms with E-state index in [9.17, 15) is 13.2 Å². The number of nitrogen functional groups attached to an aromatic ring is 1. The van der Waals surface area contributed by atoms with Gasteiger partial charge in [0.2, 0.25) is 5.95 Å². The van der Waals surface area contributed by atoms with Crippen molar-refractivity contribution in [3.05, 3.63) is 41.0 Å². The van der Waals surface area contributed by atoms with Crippen LogP contribution in [0.15, 0.2) is 30.3 Å². The number of anilines is 1. The molecule has 0 bridgehead atoms. The number of hydrogen-bond acceptors (Lipinski definition) is 3. The average molecular weight is 274 g/mol. The van der Waals surface area contributed by atoms with Gasteiger partial charge in [-0.15, -0.1) is 0 Å². The molecule has 0 aliphatic heterocycles. The van der Waals surface area contributed by atoms with E-state index in [0.717, 1.165) is 6.07 Å². The third-order valence-corrected chi connectivity index (χ3v) is 2.51. The molecule has 1 aromatic heterocycles. The van der Waals surface area contributed by atoms with Gasteiger partial charge in [0.15, 0.2) is 5.69 Å². The zero-order chi connectivity index (χ0) is 13.3. The monoisotopic (exact) mass is 273 g/mol. The molecular formula is C11H7ClF3N3. The molecule has 0 spiro atoms. The highest BCUT2D eigenvalue weighted by Gasteiger charge is 2.33. The summed E-state index contributed by atoms with van der Waals surface area (Å²) in [5, 5.41) is 0.295. The van der Waals surface area contributed by atoms with E-state index in [0.29, 0.717) is 10.6 Å². The molecule has 1 aromatic carbocycles. The van der Waals surface area contributed by atoms with Crippen molar-refractivity contribution < 1.29 is 13.2 Å². The first kappa shape index (κ1) is 12.6. The largest absolute Gasteiger partial charge is 0.433 e. The van der Waals surface area contributed by atoms with Crippen LogP contribution in [0.2, 0.25) is 5.02 Å². The van der Waals surface area contributed by atoms with E-state index in [-0.39, 0.29) is 5.69 Å². The highest BCUT2D eigenvalue weighted by Crippen LogP contribution is 2.32. The van der Waals surface area contributed by atoms with Gasteiger partial charge in [0.05, 0.1) is 5.69 Å². The molecule has 2 aromatic rings. The normalized spacial score (nSPS) is 11.6. The van der Waals surface area contributed by atoms with Crippen molar-refractivity contribution in [1.82, 2.24) is 9.97 Å². The quantitative estimate of drug-likeness (QED) is 0.866. The summed E-state index contributed by atoms with van der Waals surface area (Å²) in [6.45, 7) is 0. The van der Waals surface area contributed by atoms with Crippen molar-refractivity contribution in [3.63, 3.8) is 0 Å². The predicted molar refractivity (Wildman–Crippen MR) is 61.9 cm³/mol. The lowest BCUT2D eigenvalue weighted by Crippen LogP contribution is -2.11. The molecule has 3 nitrogen and oxygen atoms in total. The van der Waals surface area contributed by atoms with E-state index in [4.69, 9.17) is 17.3 Å². The zero-order valence-corrected chi connectivity index (χ0v) is 9.63. The van der Waals surface area contributed by atoms with E-state index in [1.54, 1.807) is 24.3 Å². The van der Waals surface area contributed by atoms with Crippen LogP contribution < -0.4 is 5.73 Å². The Balaban J connectivity index is 2.60. The van der Waals surface area contributed by atoms with E-state index in [1.165, 1.54) is 0 Å². The fourth-order valence-electron chi connectivity index (χ4n) is 1.42. The minimum absolute atomic E-state index is 0.0421. The molecule has 0 amide bonds. The van der Waals surface area contributed by atoms with Crippen LogP contribution >= 0.6 is 11.6 Å². The van der Waals surface area contributed by atoms with Gasteiger partial charge in [-0.25, -0.2) is 9.97 Å².